The van der Waals surface area contributed by atoms with Crippen molar-refractivity contribution in [1.82, 2.24) is 0 Å². The highest BCUT2D eigenvalue weighted by Crippen LogP contribution is 2.18. The smallest absolute Gasteiger partial charge is 0.336 e. The monoisotopic (exact) mass is 252 g/mol. The van der Waals surface area contributed by atoms with Crippen LogP contribution in [0.25, 0.3) is 0 Å². The summed E-state index contributed by atoms with van der Waals surface area (Å²) < 4.78 is 5.22. The highest BCUT2D eigenvalue weighted by atomic mass is 16.5. The predicted octanol–water partition coefficient (Wildman–Crippen LogP) is 1.44. The number of carbonyl (C=O) groups excluding carboxylic acids is 1. The number of aldehydes is 1. The van der Waals surface area contributed by atoms with E-state index in [1.54, 1.807) is 0 Å². The van der Waals surface area contributed by atoms with Crippen molar-refractivity contribution in [2.24, 2.45) is 0 Å². The standard InChI is InChI=1S/C12H12O6/c13-5-1-2-6-18-8-3-4-9(11(14)15)10(7-8)12(16)17/h3-5,7H,1-2,6H2,(H,14,15)(H,16,17). The zero-order chi connectivity index (χ0) is 13.5. The number of carboxylic acid groups (broad SMARTS) is 2. The van der Waals surface area contributed by atoms with E-state index in [1.165, 1.54) is 12.1 Å². The van der Waals surface area contributed by atoms with E-state index < -0.39 is 11.9 Å². The average molecular weight is 252 g/mol. The first-order valence-corrected chi connectivity index (χ1v) is 5.23. The molecule has 18 heavy (non-hydrogen) atoms. The van der Waals surface area contributed by atoms with Gasteiger partial charge in [-0.15, -0.1) is 0 Å². The van der Waals surface area contributed by atoms with Gasteiger partial charge in [0.25, 0.3) is 0 Å². The molecular formula is C12H12O6. The molecule has 1 aromatic carbocycles. The summed E-state index contributed by atoms with van der Waals surface area (Å²) in [7, 11) is 0. The fourth-order valence-electron chi connectivity index (χ4n) is 1.33. The summed E-state index contributed by atoms with van der Waals surface area (Å²) >= 11 is 0. The van der Waals surface area contributed by atoms with Crippen molar-refractivity contribution in [1.29, 1.82) is 0 Å². The van der Waals surface area contributed by atoms with Crippen LogP contribution in [0.1, 0.15) is 33.6 Å². The van der Waals surface area contributed by atoms with Gasteiger partial charge in [-0.2, -0.15) is 0 Å². The van der Waals surface area contributed by atoms with Gasteiger partial charge in [0.15, 0.2) is 0 Å². The van der Waals surface area contributed by atoms with E-state index in [-0.39, 0.29) is 23.5 Å². The number of carbonyl (C=O) groups is 3. The molecule has 0 saturated heterocycles. The number of rotatable bonds is 7. The minimum atomic E-state index is -1.33. The molecule has 1 aromatic rings. The first-order chi connectivity index (χ1) is 8.56. The largest absolute Gasteiger partial charge is 0.494 e. The molecule has 0 unspecified atom stereocenters. The average Bonchev–Trinajstić information content (AvgIpc) is 2.34. The molecule has 2 N–H and O–H groups in total. The SMILES string of the molecule is O=CCCCOc1ccc(C(=O)O)c(C(=O)O)c1. The Morgan fingerprint density at radius 1 is 1.17 bits per heavy atom. The molecule has 0 aliphatic heterocycles. The predicted molar refractivity (Wildman–Crippen MR) is 61.2 cm³/mol. The molecule has 0 bridgehead atoms. The van der Waals surface area contributed by atoms with Gasteiger partial charge >= 0.3 is 11.9 Å². The lowest BCUT2D eigenvalue weighted by atomic mass is 10.1. The first-order valence-electron chi connectivity index (χ1n) is 5.23. The first kappa shape index (κ1) is 13.7. The van der Waals surface area contributed by atoms with Gasteiger partial charge in [0.1, 0.15) is 12.0 Å². The molecule has 0 saturated carbocycles. The summed E-state index contributed by atoms with van der Waals surface area (Å²) in [5.41, 5.74) is -0.613. The maximum atomic E-state index is 10.9. The number of ether oxygens (including phenoxy) is 1. The molecule has 0 radical (unpaired) electrons. The molecule has 0 aliphatic rings. The minimum absolute atomic E-state index is 0.267. The van der Waals surface area contributed by atoms with Gasteiger partial charge in [-0.25, -0.2) is 9.59 Å². The van der Waals surface area contributed by atoms with Gasteiger partial charge in [0.2, 0.25) is 0 Å². The Labute approximate surface area is 103 Å². The van der Waals surface area contributed by atoms with Crippen LogP contribution in [0.4, 0.5) is 0 Å². The summed E-state index contributed by atoms with van der Waals surface area (Å²) in [4.78, 5) is 31.8. The third-order valence-corrected chi connectivity index (χ3v) is 2.19. The lowest BCUT2D eigenvalue weighted by Gasteiger charge is -2.07. The molecule has 1 rings (SSSR count). The number of carboxylic acids is 2. The van der Waals surface area contributed by atoms with Crippen LogP contribution >= 0.6 is 0 Å². The van der Waals surface area contributed by atoms with Crippen LogP contribution in [0.5, 0.6) is 5.75 Å². The Kier molecular flexibility index (Phi) is 4.86. The van der Waals surface area contributed by atoms with E-state index in [1.807, 2.05) is 0 Å². The van der Waals surface area contributed by atoms with Crippen molar-refractivity contribution < 1.29 is 29.3 Å². The lowest BCUT2D eigenvalue weighted by molar-refractivity contribution is -0.108. The zero-order valence-electron chi connectivity index (χ0n) is 9.46. The maximum absolute atomic E-state index is 10.9. The van der Waals surface area contributed by atoms with Crippen LogP contribution in [0.3, 0.4) is 0 Å². The van der Waals surface area contributed by atoms with Crippen molar-refractivity contribution in [3.8, 4) is 5.75 Å². The van der Waals surface area contributed by atoms with Crippen LogP contribution in [-0.4, -0.2) is 35.0 Å². The van der Waals surface area contributed by atoms with Gasteiger partial charge < -0.3 is 19.7 Å². The number of aromatic carboxylic acids is 2. The molecule has 6 nitrogen and oxygen atoms in total. The normalized spacial score (nSPS) is 9.78. The summed E-state index contributed by atoms with van der Waals surface area (Å²) in [6.07, 6.45) is 1.64. The van der Waals surface area contributed by atoms with Gasteiger partial charge in [0, 0.05) is 6.42 Å². The highest BCUT2D eigenvalue weighted by Gasteiger charge is 2.16. The number of hydrogen-bond acceptors (Lipinski definition) is 4. The molecule has 0 spiro atoms. The third kappa shape index (κ3) is 3.58. The summed E-state index contributed by atoms with van der Waals surface area (Å²) in [5.74, 6) is -2.37. The molecule has 0 atom stereocenters. The fraction of sp³-hybridized carbons (Fsp3) is 0.250. The molecule has 0 aromatic heterocycles. The number of hydrogen-bond donors (Lipinski definition) is 2. The number of benzene rings is 1. The number of unbranched alkanes of at least 4 members (excludes halogenated alkanes) is 1. The van der Waals surface area contributed by atoms with Crippen LogP contribution in [-0.2, 0) is 4.79 Å². The second-order valence-electron chi connectivity index (χ2n) is 3.48. The Balaban J connectivity index is 2.83. The molecular weight excluding hydrogens is 240 g/mol. The van der Waals surface area contributed by atoms with Crippen molar-refractivity contribution in [3.63, 3.8) is 0 Å². The van der Waals surface area contributed by atoms with E-state index in [4.69, 9.17) is 14.9 Å². The topological polar surface area (TPSA) is 101 Å². The Morgan fingerprint density at radius 3 is 2.39 bits per heavy atom. The van der Waals surface area contributed by atoms with E-state index in [0.29, 0.717) is 12.8 Å². The second kappa shape index (κ2) is 6.39. The second-order valence-corrected chi connectivity index (χ2v) is 3.48. The summed E-state index contributed by atoms with van der Waals surface area (Å²) in [6.45, 7) is 0.268. The molecule has 0 heterocycles. The molecule has 0 amide bonds. The Bertz CT molecular complexity index is 466. The van der Waals surface area contributed by atoms with E-state index in [2.05, 4.69) is 0 Å². The van der Waals surface area contributed by atoms with Crippen LogP contribution in [0.15, 0.2) is 18.2 Å². The van der Waals surface area contributed by atoms with Gasteiger partial charge in [-0.3, -0.25) is 0 Å². The molecule has 6 heteroatoms. The summed E-state index contributed by atoms with van der Waals surface area (Å²) in [6, 6.07) is 3.73. The molecule has 96 valence electrons. The third-order valence-electron chi connectivity index (χ3n) is 2.19. The fourth-order valence-corrected chi connectivity index (χ4v) is 1.33. The maximum Gasteiger partial charge on any atom is 0.336 e. The van der Waals surface area contributed by atoms with Gasteiger partial charge in [-0.05, 0) is 24.6 Å². The van der Waals surface area contributed by atoms with Gasteiger partial charge in [-0.1, -0.05) is 0 Å². The van der Waals surface area contributed by atoms with Crippen molar-refractivity contribution in [3.05, 3.63) is 29.3 Å². The van der Waals surface area contributed by atoms with Crippen molar-refractivity contribution in [2.45, 2.75) is 12.8 Å². The molecule has 0 fully saturated rings. The van der Waals surface area contributed by atoms with E-state index >= 15 is 0 Å². The summed E-state index contributed by atoms with van der Waals surface area (Å²) in [5, 5.41) is 17.7. The van der Waals surface area contributed by atoms with Crippen LogP contribution in [0, 0.1) is 0 Å². The van der Waals surface area contributed by atoms with Crippen molar-refractivity contribution >= 4 is 18.2 Å². The zero-order valence-corrected chi connectivity index (χ0v) is 9.46. The highest BCUT2D eigenvalue weighted by molar-refractivity contribution is 6.01. The van der Waals surface area contributed by atoms with Crippen molar-refractivity contribution in [2.75, 3.05) is 6.61 Å². The van der Waals surface area contributed by atoms with Gasteiger partial charge in [0.05, 0.1) is 17.7 Å². The van der Waals surface area contributed by atoms with E-state index in [9.17, 15) is 14.4 Å². The van der Waals surface area contributed by atoms with Crippen LogP contribution in [0.2, 0.25) is 0 Å². The molecule has 0 aliphatic carbocycles. The van der Waals surface area contributed by atoms with E-state index in [0.717, 1.165) is 12.4 Å². The lowest BCUT2D eigenvalue weighted by Crippen LogP contribution is -2.08. The minimum Gasteiger partial charge on any atom is -0.494 e. The van der Waals surface area contributed by atoms with Crippen LogP contribution < -0.4 is 4.74 Å². The quantitative estimate of drug-likeness (QED) is 0.562. The Morgan fingerprint density at radius 2 is 1.83 bits per heavy atom. The Hall–Kier alpha value is -2.37.